The molecule has 2 aromatic carbocycles. The molecule has 0 aliphatic heterocycles. The van der Waals surface area contributed by atoms with E-state index >= 15 is 0 Å². The largest absolute Gasteiger partial charge is 0.242 e. The third-order valence-electron chi connectivity index (χ3n) is 3.52. The van der Waals surface area contributed by atoms with E-state index in [4.69, 9.17) is 23.2 Å². The van der Waals surface area contributed by atoms with Gasteiger partial charge < -0.3 is 0 Å². The first-order valence-electron chi connectivity index (χ1n) is 6.93. The fourth-order valence-electron chi connectivity index (χ4n) is 2.25. The number of rotatable bonds is 3. The van der Waals surface area contributed by atoms with E-state index in [2.05, 4.69) is 6.58 Å². The zero-order valence-corrected chi connectivity index (χ0v) is 13.4. The normalized spacial score (nSPS) is 19.3. The van der Waals surface area contributed by atoms with Crippen molar-refractivity contribution in [1.82, 2.24) is 0 Å². The predicted molar refractivity (Wildman–Crippen MR) is 89.8 cm³/mol. The highest BCUT2D eigenvalue weighted by molar-refractivity contribution is 6.30. The molecular formula is C18H16Cl2F2. The van der Waals surface area contributed by atoms with Gasteiger partial charge in [0.1, 0.15) is 0 Å². The van der Waals surface area contributed by atoms with Gasteiger partial charge in [0.2, 0.25) is 6.43 Å². The van der Waals surface area contributed by atoms with Crippen molar-refractivity contribution in [2.75, 3.05) is 0 Å². The van der Waals surface area contributed by atoms with Gasteiger partial charge in [-0.05, 0) is 47.7 Å². The Balaban J connectivity index is 0.000000172. The maximum atomic E-state index is 12.2. The summed E-state index contributed by atoms with van der Waals surface area (Å²) in [6.45, 7) is 3.61. The zero-order chi connectivity index (χ0) is 16.1. The van der Waals surface area contributed by atoms with Gasteiger partial charge in [0.15, 0.2) is 0 Å². The Morgan fingerprint density at radius 3 is 2.14 bits per heavy atom. The molecule has 0 amide bonds. The fraction of sp³-hybridized carbons (Fsp3) is 0.222. The van der Waals surface area contributed by atoms with Crippen molar-refractivity contribution >= 4 is 29.3 Å². The van der Waals surface area contributed by atoms with Gasteiger partial charge in [0.05, 0.1) is 0 Å². The van der Waals surface area contributed by atoms with Crippen LogP contribution in [0.15, 0.2) is 55.1 Å². The molecule has 2 unspecified atom stereocenters. The highest BCUT2D eigenvalue weighted by Gasteiger charge is 2.44. The Hall–Kier alpha value is -1.38. The molecule has 0 spiro atoms. The molecule has 0 heterocycles. The van der Waals surface area contributed by atoms with Gasteiger partial charge in [-0.3, -0.25) is 0 Å². The third-order valence-corrected chi connectivity index (χ3v) is 3.99. The van der Waals surface area contributed by atoms with Crippen LogP contribution in [0.25, 0.3) is 6.08 Å². The van der Waals surface area contributed by atoms with E-state index in [0.29, 0.717) is 11.4 Å². The minimum absolute atomic E-state index is 0.0266. The van der Waals surface area contributed by atoms with E-state index in [1.807, 2.05) is 30.3 Å². The van der Waals surface area contributed by atoms with Crippen molar-refractivity contribution in [1.29, 1.82) is 0 Å². The lowest BCUT2D eigenvalue weighted by atomic mass is 10.1. The standard InChI is InChI=1S/C10H9ClF2.C8H7Cl/c11-7-3-1-2-6(4-7)8-5-9(8)10(12)13;1-2-7-4-3-5-8(9)6-7/h1-4,8-10H,5H2;2-6H,1H2. The molecule has 1 saturated carbocycles. The molecule has 1 aliphatic carbocycles. The summed E-state index contributed by atoms with van der Waals surface area (Å²) < 4.78 is 24.4. The van der Waals surface area contributed by atoms with Crippen molar-refractivity contribution in [3.8, 4) is 0 Å². The van der Waals surface area contributed by atoms with Crippen LogP contribution in [0.2, 0.25) is 10.0 Å². The summed E-state index contributed by atoms with van der Waals surface area (Å²) in [4.78, 5) is 0. The Labute approximate surface area is 139 Å². The van der Waals surface area contributed by atoms with Crippen LogP contribution in [-0.4, -0.2) is 6.43 Å². The SMILES string of the molecule is C=Cc1cccc(Cl)c1.FC(F)C1CC1c1cccc(Cl)c1. The second kappa shape index (κ2) is 7.75. The Morgan fingerprint density at radius 2 is 1.68 bits per heavy atom. The van der Waals surface area contributed by atoms with Gasteiger partial charge >= 0.3 is 0 Å². The van der Waals surface area contributed by atoms with E-state index in [1.165, 1.54) is 0 Å². The zero-order valence-electron chi connectivity index (χ0n) is 11.9. The van der Waals surface area contributed by atoms with Gasteiger partial charge in [-0.25, -0.2) is 8.78 Å². The van der Waals surface area contributed by atoms with Crippen molar-refractivity contribution in [3.05, 3.63) is 76.3 Å². The fourth-order valence-corrected chi connectivity index (χ4v) is 2.64. The highest BCUT2D eigenvalue weighted by Crippen LogP contribution is 2.51. The Morgan fingerprint density at radius 1 is 1.05 bits per heavy atom. The van der Waals surface area contributed by atoms with Crippen LogP contribution in [0.4, 0.5) is 8.78 Å². The first-order chi connectivity index (χ1) is 10.5. The third kappa shape index (κ3) is 4.82. The Kier molecular flexibility index (Phi) is 5.98. The maximum absolute atomic E-state index is 12.2. The van der Waals surface area contributed by atoms with Gasteiger partial charge in [-0.15, -0.1) is 0 Å². The summed E-state index contributed by atoms with van der Waals surface area (Å²) in [6.07, 6.45) is 0.174. The molecule has 3 rings (SSSR count). The molecule has 116 valence electrons. The number of hydrogen-bond acceptors (Lipinski definition) is 0. The molecule has 1 fully saturated rings. The van der Waals surface area contributed by atoms with Crippen LogP contribution in [0, 0.1) is 5.92 Å². The van der Waals surface area contributed by atoms with E-state index in [0.717, 1.165) is 16.1 Å². The van der Waals surface area contributed by atoms with Gasteiger partial charge in [0.25, 0.3) is 0 Å². The molecule has 4 heteroatoms. The van der Waals surface area contributed by atoms with Crippen molar-refractivity contribution < 1.29 is 8.78 Å². The van der Waals surface area contributed by atoms with E-state index in [-0.39, 0.29) is 5.92 Å². The Bertz CT molecular complexity index is 640. The van der Waals surface area contributed by atoms with E-state index < -0.39 is 12.3 Å². The first kappa shape index (κ1) is 17.0. The van der Waals surface area contributed by atoms with Crippen LogP contribution in [0.5, 0.6) is 0 Å². The topological polar surface area (TPSA) is 0 Å². The summed E-state index contributed by atoms with van der Waals surface area (Å²) in [7, 11) is 0. The van der Waals surface area contributed by atoms with Crippen molar-refractivity contribution in [2.24, 2.45) is 5.92 Å². The highest BCUT2D eigenvalue weighted by atomic mass is 35.5. The molecule has 0 saturated heterocycles. The lowest BCUT2D eigenvalue weighted by Crippen LogP contribution is -1.94. The summed E-state index contributed by atoms with van der Waals surface area (Å²) in [5, 5.41) is 1.38. The molecule has 2 atom stereocenters. The molecule has 0 N–H and O–H groups in total. The maximum Gasteiger partial charge on any atom is 0.242 e. The summed E-state index contributed by atoms with van der Waals surface area (Å²) in [6, 6.07) is 14.8. The van der Waals surface area contributed by atoms with Crippen LogP contribution in [0.1, 0.15) is 23.5 Å². The number of hydrogen-bond donors (Lipinski definition) is 0. The van der Waals surface area contributed by atoms with Gasteiger partial charge in [-0.1, -0.05) is 60.1 Å². The average Bonchev–Trinajstić information content (AvgIpc) is 3.28. The molecule has 0 bridgehead atoms. The molecule has 1 aliphatic rings. The van der Waals surface area contributed by atoms with Crippen LogP contribution < -0.4 is 0 Å². The summed E-state index contributed by atoms with van der Waals surface area (Å²) in [5.41, 5.74) is 2.00. The predicted octanol–water partition coefficient (Wildman–Crippen LogP) is 6.69. The van der Waals surface area contributed by atoms with Crippen LogP contribution >= 0.6 is 23.2 Å². The average molecular weight is 341 g/mol. The second-order valence-electron chi connectivity index (χ2n) is 5.15. The minimum Gasteiger partial charge on any atom is -0.210 e. The van der Waals surface area contributed by atoms with Crippen molar-refractivity contribution in [3.63, 3.8) is 0 Å². The molecule has 0 radical (unpaired) electrons. The quantitative estimate of drug-likeness (QED) is 0.583. The van der Waals surface area contributed by atoms with E-state index in [1.54, 1.807) is 24.3 Å². The van der Waals surface area contributed by atoms with Crippen molar-refractivity contribution in [2.45, 2.75) is 18.8 Å². The minimum atomic E-state index is -2.19. The van der Waals surface area contributed by atoms with Gasteiger partial charge in [0, 0.05) is 16.0 Å². The monoisotopic (exact) mass is 340 g/mol. The smallest absolute Gasteiger partial charge is 0.210 e. The van der Waals surface area contributed by atoms with E-state index in [9.17, 15) is 8.78 Å². The first-order valence-corrected chi connectivity index (χ1v) is 7.68. The van der Waals surface area contributed by atoms with Crippen LogP contribution in [-0.2, 0) is 0 Å². The molecule has 2 aromatic rings. The van der Waals surface area contributed by atoms with Crippen LogP contribution in [0.3, 0.4) is 0 Å². The molecule has 0 aromatic heterocycles. The van der Waals surface area contributed by atoms with Gasteiger partial charge in [-0.2, -0.15) is 0 Å². The lowest BCUT2D eigenvalue weighted by Gasteiger charge is -1.99. The summed E-state index contributed by atoms with van der Waals surface area (Å²) >= 11 is 11.4. The molecule has 0 nitrogen and oxygen atoms in total. The molecular weight excluding hydrogens is 325 g/mol. The second-order valence-corrected chi connectivity index (χ2v) is 6.03. The molecule has 22 heavy (non-hydrogen) atoms. The number of halogens is 4. The number of alkyl halides is 2. The summed E-state index contributed by atoms with van der Waals surface area (Å²) in [5.74, 6) is -0.419. The number of benzene rings is 2. The lowest BCUT2D eigenvalue weighted by molar-refractivity contribution is 0.120.